The number of piperidine rings is 1. The van der Waals surface area contributed by atoms with Crippen molar-refractivity contribution in [1.29, 1.82) is 0 Å². The Balaban J connectivity index is 1.52. The van der Waals surface area contributed by atoms with Crippen molar-refractivity contribution < 1.29 is 9.53 Å². The van der Waals surface area contributed by atoms with Crippen LogP contribution in [0.1, 0.15) is 12.8 Å². The van der Waals surface area contributed by atoms with Crippen LogP contribution in [0.2, 0.25) is 0 Å². The Labute approximate surface area is 156 Å². The van der Waals surface area contributed by atoms with Crippen LogP contribution in [0.15, 0.2) is 41.3 Å². The molecule has 1 fully saturated rings. The second kappa shape index (κ2) is 6.90. The molecule has 0 saturated carbocycles. The van der Waals surface area contributed by atoms with Crippen molar-refractivity contribution in [3.63, 3.8) is 0 Å². The lowest BCUT2D eigenvalue weighted by Gasteiger charge is -2.31. The molecule has 1 aromatic carbocycles. The summed E-state index contributed by atoms with van der Waals surface area (Å²) in [6.07, 6.45) is 3.43. The van der Waals surface area contributed by atoms with Gasteiger partial charge >= 0.3 is 11.7 Å². The smallest absolute Gasteiger partial charge is 0.326 e. The summed E-state index contributed by atoms with van der Waals surface area (Å²) < 4.78 is 6.44. The lowest BCUT2D eigenvalue weighted by Crippen LogP contribution is -2.37. The molecule has 7 heteroatoms. The molecule has 1 aliphatic heterocycles. The molecular formula is C20H22N4O3. The van der Waals surface area contributed by atoms with Crippen molar-refractivity contribution in [3.05, 3.63) is 47.0 Å². The number of benzene rings is 1. The van der Waals surface area contributed by atoms with Gasteiger partial charge < -0.3 is 14.6 Å². The number of methoxy groups -OCH3 is 1. The molecule has 140 valence electrons. The fourth-order valence-electron chi connectivity index (χ4n) is 3.66. The van der Waals surface area contributed by atoms with Crippen LogP contribution in [0.4, 0.5) is 5.82 Å². The van der Waals surface area contributed by atoms with Gasteiger partial charge in [0.1, 0.15) is 5.82 Å². The van der Waals surface area contributed by atoms with E-state index >= 15 is 0 Å². The molecular weight excluding hydrogens is 344 g/mol. The van der Waals surface area contributed by atoms with Crippen molar-refractivity contribution in [2.75, 3.05) is 25.1 Å². The zero-order chi connectivity index (χ0) is 19.0. The fourth-order valence-corrected chi connectivity index (χ4v) is 3.66. The van der Waals surface area contributed by atoms with Gasteiger partial charge in [0.2, 0.25) is 0 Å². The van der Waals surface area contributed by atoms with Gasteiger partial charge in [-0.1, -0.05) is 6.07 Å². The number of esters is 1. The van der Waals surface area contributed by atoms with Crippen LogP contribution in [0.3, 0.4) is 0 Å². The number of hydrogen-bond acceptors (Lipinski definition) is 5. The number of rotatable bonds is 3. The van der Waals surface area contributed by atoms with Crippen LogP contribution in [0.5, 0.6) is 0 Å². The minimum absolute atomic E-state index is 0.00903. The number of aromatic amines is 1. The van der Waals surface area contributed by atoms with Gasteiger partial charge in [0, 0.05) is 31.9 Å². The van der Waals surface area contributed by atoms with Gasteiger partial charge in [-0.25, -0.2) is 9.78 Å². The predicted octanol–water partition coefficient (Wildman–Crippen LogP) is 2.32. The molecule has 0 aliphatic carbocycles. The van der Waals surface area contributed by atoms with E-state index in [1.807, 2.05) is 36.5 Å². The predicted molar refractivity (Wildman–Crippen MR) is 104 cm³/mol. The summed E-state index contributed by atoms with van der Waals surface area (Å²) in [7, 11) is 3.20. The molecule has 0 amide bonds. The number of carbonyl (C=O) groups excluding carboxylic acids is 1. The highest BCUT2D eigenvalue weighted by Gasteiger charge is 2.26. The Kier molecular flexibility index (Phi) is 4.43. The minimum atomic E-state index is -0.119. The maximum absolute atomic E-state index is 11.8. The summed E-state index contributed by atoms with van der Waals surface area (Å²) in [6.45, 7) is 1.59. The third-order valence-corrected chi connectivity index (χ3v) is 5.34. The highest BCUT2D eigenvalue weighted by molar-refractivity contribution is 5.82. The fraction of sp³-hybridized carbons (Fsp3) is 0.350. The Morgan fingerprint density at radius 2 is 1.93 bits per heavy atom. The SMILES string of the molecule is COC(=O)C1CCN(c2ccc(-c3ccc4[nH]c(=O)n(C)c4c3)cn2)CC1. The van der Waals surface area contributed by atoms with Crippen LogP contribution >= 0.6 is 0 Å². The molecule has 0 unspecified atom stereocenters. The maximum Gasteiger partial charge on any atom is 0.326 e. The standard InChI is InChI=1S/C20H22N4O3/c1-23-17-11-14(3-5-16(17)22-20(23)26)15-4-6-18(21-12-15)24-9-7-13(8-10-24)19(25)27-2/h3-6,11-13H,7-10H2,1-2H3,(H,22,26). The minimum Gasteiger partial charge on any atom is -0.469 e. The van der Waals surface area contributed by atoms with E-state index in [1.165, 1.54) is 7.11 Å². The highest BCUT2D eigenvalue weighted by atomic mass is 16.5. The van der Waals surface area contributed by atoms with E-state index in [4.69, 9.17) is 4.74 Å². The molecule has 3 aromatic rings. The summed E-state index contributed by atoms with van der Waals surface area (Å²) in [5, 5.41) is 0. The zero-order valence-electron chi connectivity index (χ0n) is 15.4. The maximum atomic E-state index is 11.8. The summed E-state index contributed by atoms with van der Waals surface area (Å²) in [6, 6.07) is 9.94. The van der Waals surface area contributed by atoms with Crippen molar-refractivity contribution >= 4 is 22.8 Å². The highest BCUT2D eigenvalue weighted by Crippen LogP contribution is 2.26. The van der Waals surface area contributed by atoms with E-state index in [-0.39, 0.29) is 17.6 Å². The van der Waals surface area contributed by atoms with E-state index in [9.17, 15) is 9.59 Å². The number of nitrogens with zero attached hydrogens (tertiary/aromatic N) is 3. The lowest BCUT2D eigenvalue weighted by atomic mass is 9.97. The topological polar surface area (TPSA) is 80.2 Å². The Bertz CT molecular complexity index is 1030. The summed E-state index contributed by atoms with van der Waals surface area (Å²) in [5.74, 6) is 0.787. The molecule has 4 rings (SSSR count). The molecule has 0 bridgehead atoms. The van der Waals surface area contributed by atoms with Gasteiger partial charge in [0.25, 0.3) is 0 Å². The third-order valence-electron chi connectivity index (χ3n) is 5.34. The number of fused-ring (bicyclic) bond motifs is 1. The number of ether oxygens (including phenoxy) is 1. The molecule has 3 heterocycles. The van der Waals surface area contributed by atoms with E-state index in [1.54, 1.807) is 11.6 Å². The Hall–Kier alpha value is -3.09. The molecule has 0 radical (unpaired) electrons. The number of aryl methyl sites for hydroxylation is 1. The summed E-state index contributed by atoms with van der Waals surface area (Å²) in [5.41, 5.74) is 3.58. The van der Waals surface area contributed by atoms with E-state index < -0.39 is 0 Å². The van der Waals surface area contributed by atoms with Crippen LogP contribution in [0.25, 0.3) is 22.2 Å². The Morgan fingerprint density at radius 3 is 2.59 bits per heavy atom. The van der Waals surface area contributed by atoms with Gasteiger partial charge in [0.05, 0.1) is 24.1 Å². The first-order chi connectivity index (χ1) is 13.1. The number of nitrogens with one attached hydrogen (secondary N) is 1. The quantitative estimate of drug-likeness (QED) is 0.720. The van der Waals surface area contributed by atoms with Crippen LogP contribution in [-0.4, -0.2) is 40.7 Å². The molecule has 0 spiro atoms. The number of imidazole rings is 1. The second-order valence-corrected chi connectivity index (χ2v) is 6.91. The molecule has 2 aromatic heterocycles. The first-order valence-corrected chi connectivity index (χ1v) is 9.05. The van der Waals surface area contributed by atoms with Gasteiger partial charge in [0.15, 0.2) is 0 Å². The zero-order valence-corrected chi connectivity index (χ0v) is 15.4. The number of carbonyl (C=O) groups is 1. The van der Waals surface area contributed by atoms with Gasteiger partial charge in [-0.15, -0.1) is 0 Å². The lowest BCUT2D eigenvalue weighted by molar-refractivity contribution is -0.146. The summed E-state index contributed by atoms with van der Waals surface area (Å²) >= 11 is 0. The molecule has 1 N–H and O–H groups in total. The van der Waals surface area contributed by atoms with Crippen LogP contribution in [-0.2, 0) is 16.6 Å². The van der Waals surface area contributed by atoms with Crippen LogP contribution < -0.4 is 10.6 Å². The van der Waals surface area contributed by atoms with Crippen molar-refractivity contribution in [2.45, 2.75) is 12.8 Å². The average Bonchev–Trinajstić information content (AvgIpc) is 3.01. The molecule has 1 saturated heterocycles. The van der Waals surface area contributed by atoms with Crippen molar-refractivity contribution in [1.82, 2.24) is 14.5 Å². The van der Waals surface area contributed by atoms with Crippen molar-refractivity contribution in [3.8, 4) is 11.1 Å². The number of pyridine rings is 1. The van der Waals surface area contributed by atoms with Gasteiger partial charge in [-0.3, -0.25) is 9.36 Å². The van der Waals surface area contributed by atoms with Crippen LogP contribution in [0, 0.1) is 5.92 Å². The molecule has 27 heavy (non-hydrogen) atoms. The molecule has 7 nitrogen and oxygen atoms in total. The van der Waals surface area contributed by atoms with Gasteiger partial charge in [-0.2, -0.15) is 0 Å². The molecule has 0 atom stereocenters. The summed E-state index contributed by atoms with van der Waals surface area (Å²) in [4.78, 5) is 33.0. The third kappa shape index (κ3) is 3.20. The number of anilines is 1. The Morgan fingerprint density at radius 1 is 1.19 bits per heavy atom. The number of aromatic nitrogens is 3. The van der Waals surface area contributed by atoms with E-state index in [0.29, 0.717) is 0 Å². The van der Waals surface area contributed by atoms with E-state index in [2.05, 4.69) is 14.9 Å². The second-order valence-electron chi connectivity index (χ2n) is 6.91. The normalized spacial score (nSPS) is 15.3. The number of H-pyrrole nitrogens is 1. The first kappa shape index (κ1) is 17.3. The van der Waals surface area contributed by atoms with Crippen molar-refractivity contribution in [2.24, 2.45) is 13.0 Å². The van der Waals surface area contributed by atoms with Gasteiger partial charge in [-0.05, 0) is 42.7 Å². The van der Waals surface area contributed by atoms with E-state index in [0.717, 1.165) is 53.9 Å². The first-order valence-electron chi connectivity index (χ1n) is 9.05. The number of hydrogen-bond donors (Lipinski definition) is 1. The monoisotopic (exact) mass is 366 g/mol. The average molecular weight is 366 g/mol. The molecule has 1 aliphatic rings. The largest absolute Gasteiger partial charge is 0.469 e.